The van der Waals surface area contributed by atoms with Gasteiger partial charge in [0.2, 0.25) is 0 Å². The van der Waals surface area contributed by atoms with E-state index in [2.05, 4.69) is 49.0 Å². The molecule has 1 aromatic carbocycles. The summed E-state index contributed by atoms with van der Waals surface area (Å²) >= 11 is 0. The minimum Gasteiger partial charge on any atom is -0.444 e. The maximum atomic E-state index is 5.33. The van der Waals surface area contributed by atoms with Crippen molar-refractivity contribution in [3.63, 3.8) is 0 Å². The summed E-state index contributed by atoms with van der Waals surface area (Å²) in [6.45, 7) is 6.24. The summed E-state index contributed by atoms with van der Waals surface area (Å²) in [5.41, 5.74) is 2.40. The van der Waals surface area contributed by atoms with Crippen molar-refractivity contribution < 1.29 is 4.42 Å². The van der Waals surface area contributed by atoms with E-state index in [0.29, 0.717) is 0 Å². The number of H-pyrrole nitrogens is 1. The van der Waals surface area contributed by atoms with Gasteiger partial charge in [0, 0.05) is 50.7 Å². The van der Waals surface area contributed by atoms with Crippen molar-refractivity contribution in [1.82, 2.24) is 24.8 Å². The van der Waals surface area contributed by atoms with Crippen LogP contribution in [0.1, 0.15) is 11.4 Å². The van der Waals surface area contributed by atoms with Gasteiger partial charge in [0.25, 0.3) is 0 Å². The number of hydrogen-bond donors (Lipinski definition) is 1. The fourth-order valence-electron chi connectivity index (χ4n) is 3.09. The third-order valence-electron chi connectivity index (χ3n) is 4.47. The Morgan fingerprint density at radius 2 is 1.75 bits per heavy atom. The summed E-state index contributed by atoms with van der Waals surface area (Å²) in [5.74, 6) is 1.86. The van der Waals surface area contributed by atoms with Crippen LogP contribution in [0.5, 0.6) is 0 Å². The number of rotatable bonds is 5. The Morgan fingerprint density at radius 3 is 2.38 bits per heavy atom. The highest BCUT2D eigenvalue weighted by Gasteiger charge is 2.17. The largest absolute Gasteiger partial charge is 0.444 e. The molecule has 0 atom stereocenters. The van der Waals surface area contributed by atoms with Gasteiger partial charge in [0.15, 0.2) is 12.2 Å². The first-order valence-electron chi connectivity index (χ1n) is 8.27. The van der Waals surface area contributed by atoms with E-state index in [1.54, 1.807) is 6.20 Å². The van der Waals surface area contributed by atoms with Gasteiger partial charge in [0.1, 0.15) is 5.82 Å². The quantitative estimate of drug-likeness (QED) is 0.781. The maximum Gasteiger partial charge on any atom is 0.181 e. The Balaban J connectivity index is 1.29. The average molecular weight is 323 g/mol. The van der Waals surface area contributed by atoms with E-state index in [1.165, 1.54) is 12.0 Å². The molecule has 124 valence electrons. The molecule has 6 nitrogen and oxygen atoms in total. The molecule has 1 N–H and O–H groups in total. The smallest absolute Gasteiger partial charge is 0.181 e. The molecule has 1 aliphatic heterocycles. The molecule has 1 saturated heterocycles. The lowest BCUT2D eigenvalue weighted by atomic mass is 10.1. The van der Waals surface area contributed by atoms with Crippen LogP contribution in [0, 0.1) is 0 Å². The van der Waals surface area contributed by atoms with E-state index in [9.17, 15) is 0 Å². The van der Waals surface area contributed by atoms with Gasteiger partial charge in [-0.25, -0.2) is 9.97 Å². The zero-order chi connectivity index (χ0) is 16.2. The van der Waals surface area contributed by atoms with Crippen LogP contribution < -0.4 is 0 Å². The number of oxazole rings is 1. The second kappa shape index (κ2) is 6.98. The van der Waals surface area contributed by atoms with Gasteiger partial charge in [-0.15, -0.1) is 0 Å². The summed E-state index contributed by atoms with van der Waals surface area (Å²) < 4.78 is 5.33. The predicted molar refractivity (Wildman–Crippen MR) is 91.1 cm³/mol. The van der Waals surface area contributed by atoms with Crippen LogP contribution in [0.2, 0.25) is 0 Å². The Labute approximate surface area is 141 Å². The van der Waals surface area contributed by atoms with Crippen LogP contribution in [0.4, 0.5) is 0 Å². The molecular formula is C18H21N5O. The minimum atomic E-state index is 0.813. The second-order valence-corrected chi connectivity index (χ2v) is 6.15. The molecule has 3 heterocycles. The summed E-state index contributed by atoms with van der Waals surface area (Å²) in [5, 5.41) is 0. The number of nitrogens with zero attached hydrogens (tertiary/aromatic N) is 4. The number of aromatic nitrogens is 3. The number of hydrogen-bond acceptors (Lipinski definition) is 5. The first kappa shape index (κ1) is 15.1. The highest BCUT2D eigenvalue weighted by Crippen LogP contribution is 2.19. The van der Waals surface area contributed by atoms with E-state index in [4.69, 9.17) is 4.42 Å². The normalized spacial score (nSPS) is 16.5. The van der Waals surface area contributed by atoms with Gasteiger partial charge in [-0.3, -0.25) is 9.80 Å². The Bertz CT molecular complexity index is 728. The van der Waals surface area contributed by atoms with Crippen LogP contribution in [0.3, 0.4) is 0 Å². The lowest BCUT2D eigenvalue weighted by Gasteiger charge is -2.34. The number of benzene rings is 1. The van der Waals surface area contributed by atoms with Crippen molar-refractivity contribution in [2.45, 2.75) is 13.1 Å². The molecule has 0 aliphatic carbocycles. The Kier molecular flexibility index (Phi) is 4.40. The molecule has 0 unspecified atom stereocenters. The van der Waals surface area contributed by atoms with Crippen LogP contribution in [0.25, 0.3) is 11.3 Å². The summed E-state index contributed by atoms with van der Waals surface area (Å²) in [7, 11) is 0. The Morgan fingerprint density at radius 1 is 1.00 bits per heavy atom. The van der Waals surface area contributed by atoms with Crippen LogP contribution >= 0.6 is 0 Å². The number of aromatic amines is 1. The fraction of sp³-hybridized carbons (Fsp3) is 0.333. The van der Waals surface area contributed by atoms with Crippen LogP contribution in [-0.4, -0.2) is 50.9 Å². The average Bonchev–Trinajstić information content (AvgIpc) is 3.31. The van der Waals surface area contributed by atoms with Gasteiger partial charge in [-0.2, -0.15) is 0 Å². The highest BCUT2D eigenvalue weighted by molar-refractivity contribution is 5.56. The molecule has 2 aromatic heterocycles. The highest BCUT2D eigenvalue weighted by atomic mass is 16.3. The predicted octanol–water partition coefficient (Wildman–Crippen LogP) is 2.38. The molecule has 24 heavy (non-hydrogen) atoms. The molecule has 0 saturated carbocycles. The SMILES string of the molecule is c1c[nH]c(CN2CCN(Cc3ccc(-c4cnco4)cc3)CC2)n1. The molecule has 6 heteroatoms. The van der Waals surface area contributed by atoms with Gasteiger partial charge in [-0.1, -0.05) is 24.3 Å². The molecular weight excluding hydrogens is 302 g/mol. The van der Waals surface area contributed by atoms with Crippen molar-refractivity contribution in [3.8, 4) is 11.3 Å². The molecule has 0 spiro atoms. The number of nitrogens with one attached hydrogen (secondary N) is 1. The molecule has 4 rings (SSSR count). The van der Waals surface area contributed by atoms with E-state index >= 15 is 0 Å². The summed E-state index contributed by atoms with van der Waals surface area (Å²) in [6, 6.07) is 8.55. The molecule has 0 radical (unpaired) electrons. The second-order valence-electron chi connectivity index (χ2n) is 6.15. The van der Waals surface area contributed by atoms with Crippen molar-refractivity contribution in [1.29, 1.82) is 0 Å². The number of imidazole rings is 1. The van der Waals surface area contributed by atoms with Gasteiger partial charge in [-0.05, 0) is 5.56 Å². The lowest BCUT2D eigenvalue weighted by molar-refractivity contribution is 0.120. The maximum absolute atomic E-state index is 5.33. The van der Waals surface area contributed by atoms with Crippen LogP contribution in [-0.2, 0) is 13.1 Å². The minimum absolute atomic E-state index is 0.813. The van der Waals surface area contributed by atoms with Gasteiger partial charge in [0.05, 0.1) is 12.7 Å². The standard InChI is InChI=1S/C18H21N5O/c1-3-16(17-11-19-14-24-17)4-2-15(1)12-22-7-9-23(10-8-22)13-18-20-5-6-21-18/h1-6,11,14H,7-10,12-13H2,(H,20,21). The molecule has 1 fully saturated rings. The van der Waals surface area contributed by atoms with E-state index in [-0.39, 0.29) is 0 Å². The van der Waals surface area contributed by atoms with Gasteiger partial charge >= 0.3 is 0 Å². The zero-order valence-electron chi connectivity index (χ0n) is 13.6. The molecule has 0 bridgehead atoms. The van der Waals surface area contributed by atoms with Gasteiger partial charge < -0.3 is 9.40 Å². The van der Waals surface area contributed by atoms with Crippen LogP contribution in [0.15, 0.2) is 53.7 Å². The number of piperazine rings is 1. The fourth-order valence-corrected chi connectivity index (χ4v) is 3.09. The third kappa shape index (κ3) is 3.55. The van der Waals surface area contributed by atoms with Crippen molar-refractivity contribution >= 4 is 0 Å². The zero-order valence-corrected chi connectivity index (χ0v) is 13.6. The third-order valence-corrected chi connectivity index (χ3v) is 4.47. The van der Waals surface area contributed by atoms with E-state index in [0.717, 1.165) is 56.4 Å². The molecule has 3 aromatic rings. The topological polar surface area (TPSA) is 61.2 Å². The summed E-state index contributed by atoms with van der Waals surface area (Å²) in [6.07, 6.45) is 6.90. The van der Waals surface area contributed by atoms with Crippen molar-refractivity contribution in [3.05, 3.63) is 60.6 Å². The van der Waals surface area contributed by atoms with E-state index in [1.807, 2.05) is 12.4 Å². The molecule has 0 amide bonds. The van der Waals surface area contributed by atoms with E-state index < -0.39 is 0 Å². The molecule has 1 aliphatic rings. The summed E-state index contributed by atoms with van der Waals surface area (Å²) in [4.78, 5) is 16.4. The Hall–Kier alpha value is -2.44. The first-order chi connectivity index (χ1) is 11.9. The first-order valence-corrected chi connectivity index (χ1v) is 8.27. The van der Waals surface area contributed by atoms with Crippen molar-refractivity contribution in [2.75, 3.05) is 26.2 Å². The lowest BCUT2D eigenvalue weighted by Crippen LogP contribution is -2.45. The monoisotopic (exact) mass is 323 g/mol. The van der Waals surface area contributed by atoms with Crippen molar-refractivity contribution in [2.24, 2.45) is 0 Å².